The highest BCUT2D eigenvalue weighted by atomic mass is 28.3. The Morgan fingerprint density at radius 1 is 0.950 bits per heavy atom. The van der Waals surface area contributed by atoms with Gasteiger partial charge in [0.25, 0.3) is 0 Å². The van der Waals surface area contributed by atoms with Gasteiger partial charge in [0.05, 0.1) is 22.3 Å². The lowest BCUT2D eigenvalue weighted by Crippen LogP contribution is -2.43. The molecule has 0 radical (unpaired) electrons. The van der Waals surface area contributed by atoms with E-state index in [-0.39, 0.29) is 42.2 Å². The number of hydrogen-bond acceptors (Lipinski definition) is 10. The molecule has 1 amide bonds. The van der Waals surface area contributed by atoms with Gasteiger partial charge in [-0.2, -0.15) is 4.98 Å². The minimum Gasteiger partial charge on any atom is -0.468 e. The number of methoxy groups -OCH3 is 1. The van der Waals surface area contributed by atoms with Crippen LogP contribution in [0.4, 0.5) is 25.1 Å². The number of pyridine rings is 2. The molecule has 0 aliphatic heterocycles. The third-order valence-electron chi connectivity index (χ3n) is 11.2. The Kier molecular flexibility index (Phi) is 13.0. The van der Waals surface area contributed by atoms with Gasteiger partial charge in [-0.05, 0) is 86.0 Å². The molecular formula is C46H56F2N6O5Si. The molecule has 3 aromatic heterocycles. The zero-order chi connectivity index (χ0) is 43.7. The average molecular weight is 839 g/mol. The second kappa shape index (κ2) is 17.7. The van der Waals surface area contributed by atoms with E-state index >= 15 is 8.78 Å². The molecule has 0 saturated heterocycles. The van der Waals surface area contributed by atoms with Crippen molar-refractivity contribution >= 4 is 47.3 Å². The molecule has 0 spiro atoms. The van der Waals surface area contributed by atoms with Crippen molar-refractivity contribution in [1.82, 2.24) is 19.9 Å². The fourth-order valence-corrected chi connectivity index (χ4v) is 13.2. The van der Waals surface area contributed by atoms with Crippen LogP contribution in [-0.4, -0.2) is 73.7 Å². The van der Waals surface area contributed by atoms with Gasteiger partial charge in [-0.3, -0.25) is 9.88 Å². The predicted molar refractivity (Wildman–Crippen MR) is 235 cm³/mol. The number of aromatic nitrogens is 4. The summed E-state index contributed by atoms with van der Waals surface area (Å²) in [6.07, 6.45) is 4.44. The van der Waals surface area contributed by atoms with Gasteiger partial charge in [-0.15, -0.1) is 5.54 Å². The molecule has 2 aromatic carbocycles. The highest BCUT2D eigenvalue weighted by molar-refractivity contribution is 6.90. The van der Waals surface area contributed by atoms with E-state index in [0.717, 1.165) is 12.8 Å². The number of nitrogens with zero attached hydrogens (tertiary/aromatic N) is 6. The summed E-state index contributed by atoms with van der Waals surface area (Å²) in [6.45, 7) is 18.5. The van der Waals surface area contributed by atoms with Crippen molar-refractivity contribution in [2.24, 2.45) is 0 Å². The van der Waals surface area contributed by atoms with Crippen molar-refractivity contribution in [3.63, 3.8) is 0 Å². The summed E-state index contributed by atoms with van der Waals surface area (Å²) in [5, 5.41) is 1.42. The lowest BCUT2D eigenvalue weighted by atomic mass is 9.95. The van der Waals surface area contributed by atoms with Gasteiger partial charge in [-0.1, -0.05) is 53.5 Å². The Morgan fingerprint density at radius 2 is 1.65 bits per heavy atom. The van der Waals surface area contributed by atoms with Crippen LogP contribution in [0.25, 0.3) is 32.9 Å². The third-order valence-corrected chi connectivity index (χ3v) is 17.5. The number of benzene rings is 2. The number of rotatable bonds is 13. The smallest absolute Gasteiger partial charge is 0.414 e. The molecule has 0 atom stereocenters. The molecule has 6 rings (SSSR count). The predicted octanol–water partition coefficient (Wildman–Crippen LogP) is 10.6. The van der Waals surface area contributed by atoms with Gasteiger partial charge >= 0.3 is 12.1 Å². The number of hydrogen-bond donors (Lipinski definition) is 0. The summed E-state index contributed by atoms with van der Waals surface area (Å²) in [5.74, 6) is 2.94. The van der Waals surface area contributed by atoms with Crippen molar-refractivity contribution in [3.8, 4) is 34.5 Å². The van der Waals surface area contributed by atoms with Crippen LogP contribution in [0.3, 0.4) is 0 Å². The molecule has 5 aromatic rings. The Balaban J connectivity index is 1.51. The van der Waals surface area contributed by atoms with E-state index in [9.17, 15) is 4.79 Å². The second-order valence-corrected chi connectivity index (χ2v) is 23.0. The molecule has 1 aliphatic rings. The Morgan fingerprint density at radius 3 is 2.28 bits per heavy atom. The Labute approximate surface area is 352 Å². The average Bonchev–Trinajstić information content (AvgIpc) is 4.05. The van der Waals surface area contributed by atoms with Crippen molar-refractivity contribution < 1.29 is 32.5 Å². The zero-order valence-electron chi connectivity index (χ0n) is 36.7. The van der Waals surface area contributed by atoms with Crippen LogP contribution in [0.5, 0.6) is 11.8 Å². The lowest BCUT2D eigenvalue weighted by molar-refractivity contribution is 0.0512. The van der Waals surface area contributed by atoms with Gasteiger partial charge in [0.1, 0.15) is 48.9 Å². The molecule has 0 unspecified atom stereocenters. The van der Waals surface area contributed by atoms with E-state index in [2.05, 4.69) is 68.0 Å². The number of amides is 1. The molecule has 1 saturated carbocycles. The van der Waals surface area contributed by atoms with Crippen LogP contribution >= 0.6 is 0 Å². The first-order valence-electron chi connectivity index (χ1n) is 20.4. The van der Waals surface area contributed by atoms with Crippen molar-refractivity contribution in [3.05, 3.63) is 71.7 Å². The van der Waals surface area contributed by atoms with Gasteiger partial charge in [0, 0.05) is 50.6 Å². The first kappa shape index (κ1) is 44.2. The molecule has 14 heteroatoms. The number of fused-ring (bicyclic) bond motifs is 2. The Hall–Kier alpha value is -5.39. The summed E-state index contributed by atoms with van der Waals surface area (Å²) >= 11 is 0. The lowest BCUT2D eigenvalue weighted by Gasteiger charge is -2.38. The largest absolute Gasteiger partial charge is 0.468 e. The molecule has 0 bridgehead atoms. The van der Waals surface area contributed by atoms with Gasteiger partial charge in [-0.25, -0.2) is 23.5 Å². The monoisotopic (exact) mass is 838 g/mol. The minimum absolute atomic E-state index is 0.0230. The Bertz CT molecular complexity index is 2440. The topological polar surface area (TPSA) is 112 Å². The van der Waals surface area contributed by atoms with Crippen LogP contribution in [0, 0.1) is 23.1 Å². The van der Waals surface area contributed by atoms with E-state index in [0.29, 0.717) is 61.3 Å². The van der Waals surface area contributed by atoms with Crippen LogP contribution in [0.2, 0.25) is 16.6 Å². The maximum atomic E-state index is 17.5. The van der Waals surface area contributed by atoms with E-state index in [4.69, 9.17) is 23.9 Å². The first-order valence-corrected chi connectivity index (χ1v) is 22.6. The standard InChI is InChI=1S/C46H56F2N6O5Si/c1-27(2)60(28(3)4,29(5)6)20-18-35-38(47)16-13-30-21-34(58-26-56-12)23-36(39(30)35)41-40(48)42-37(43(51-41)53(10)32-14-15-32)24-50-44(52-42)57-25-31-22-33(17-19-49-31)54(11)45(55)59-46(7,8)9/h13,16-17,19,21-24,27-29,32H,14-15,25-26H2,1-12H3. The summed E-state index contributed by atoms with van der Waals surface area (Å²) < 4.78 is 56.4. The molecule has 1 fully saturated rings. The first-order chi connectivity index (χ1) is 28.4. The number of carbonyl (C=O) groups excluding carboxylic acids is 1. The number of halogens is 2. The highest BCUT2D eigenvalue weighted by Crippen LogP contribution is 2.43. The maximum Gasteiger partial charge on any atom is 0.414 e. The molecule has 60 heavy (non-hydrogen) atoms. The van der Waals surface area contributed by atoms with E-state index in [1.54, 1.807) is 64.3 Å². The SMILES string of the molecule is COCOc1cc(-c2nc(N(C)C3CC3)c3cnc(OCc4cc(N(C)C(=O)OC(C)(C)C)ccn4)nc3c2F)c2c(C#C[Si](C(C)C)(C(C)C)C(C)C)c(F)ccc2c1. The summed E-state index contributed by atoms with van der Waals surface area (Å²) in [6, 6.07) is 9.95. The van der Waals surface area contributed by atoms with Crippen molar-refractivity contribution in [2.75, 3.05) is 37.8 Å². The molecule has 11 nitrogen and oxygen atoms in total. The molecule has 318 valence electrons. The minimum atomic E-state index is -2.31. The molecule has 0 N–H and O–H groups in total. The van der Waals surface area contributed by atoms with E-state index < -0.39 is 31.4 Å². The molecule has 1 aliphatic carbocycles. The number of carbonyl (C=O) groups is 1. The summed E-state index contributed by atoms with van der Waals surface area (Å²) in [7, 11) is 2.73. The van der Waals surface area contributed by atoms with Crippen LogP contribution in [0.1, 0.15) is 86.4 Å². The van der Waals surface area contributed by atoms with E-state index in [1.165, 1.54) is 24.3 Å². The highest BCUT2D eigenvalue weighted by Gasteiger charge is 2.42. The van der Waals surface area contributed by atoms with Crippen molar-refractivity contribution in [2.45, 2.75) is 110 Å². The normalized spacial score (nSPS) is 13.2. The van der Waals surface area contributed by atoms with E-state index in [1.807, 2.05) is 11.9 Å². The van der Waals surface area contributed by atoms with Gasteiger partial charge < -0.3 is 23.8 Å². The second-order valence-electron chi connectivity index (χ2n) is 17.4. The fraction of sp³-hybridized carbons (Fsp3) is 0.457. The number of ether oxygens (including phenoxy) is 4. The van der Waals surface area contributed by atoms with Crippen LogP contribution < -0.4 is 19.3 Å². The fourth-order valence-electron chi connectivity index (χ4n) is 8.04. The number of anilines is 2. The zero-order valence-corrected chi connectivity index (χ0v) is 37.7. The molecular weight excluding hydrogens is 783 g/mol. The maximum absolute atomic E-state index is 17.5. The third kappa shape index (κ3) is 9.17. The van der Waals surface area contributed by atoms with Crippen LogP contribution in [0.15, 0.2) is 48.8 Å². The quantitative estimate of drug-likeness (QED) is 0.0645. The van der Waals surface area contributed by atoms with Crippen molar-refractivity contribution in [1.29, 1.82) is 0 Å². The molecule has 3 heterocycles. The van der Waals surface area contributed by atoms with Crippen LogP contribution in [-0.2, 0) is 16.1 Å². The summed E-state index contributed by atoms with van der Waals surface area (Å²) in [5.41, 5.74) is 5.37. The van der Waals surface area contributed by atoms with Gasteiger partial charge in [0.15, 0.2) is 12.6 Å². The summed E-state index contributed by atoms with van der Waals surface area (Å²) in [4.78, 5) is 34.5. The van der Waals surface area contributed by atoms with Gasteiger partial charge in [0.2, 0.25) is 0 Å².